The summed E-state index contributed by atoms with van der Waals surface area (Å²) in [5.41, 5.74) is 2.13. The molecule has 10 nitrogen and oxygen atoms in total. The zero-order valence-electron chi connectivity index (χ0n) is 19.7. The number of piperazine rings is 1. The van der Waals surface area contributed by atoms with Crippen molar-refractivity contribution in [3.05, 3.63) is 35.9 Å². The van der Waals surface area contributed by atoms with Crippen LogP contribution in [0, 0.1) is 17.2 Å². The van der Waals surface area contributed by atoms with Crippen molar-refractivity contribution >= 4 is 38.2 Å². The minimum atomic E-state index is -3.50. The van der Waals surface area contributed by atoms with E-state index in [-0.39, 0.29) is 13.0 Å². The summed E-state index contributed by atoms with van der Waals surface area (Å²) < 4.78 is 76.2. The maximum Gasteiger partial charge on any atom is 0.253 e. The molecule has 2 aliphatic heterocycles. The number of alkyl halides is 2. The third kappa shape index (κ3) is 4.24. The zero-order valence-corrected chi connectivity index (χ0v) is 21.3. The van der Waals surface area contributed by atoms with Gasteiger partial charge in [-0.2, -0.15) is 9.57 Å². The van der Waals surface area contributed by atoms with Crippen molar-refractivity contribution in [2.75, 3.05) is 59.5 Å². The zero-order chi connectivity index (χ0) is 26.0. The van der Waals surface area contributed by atoms with Crippen molar-refractivity contribution in [2.45, 2.75) is 12.3 Å². The number of rotatable bonds is 5. The van der Waals surface area contributed by atoms with Gasteiger partial charge in [0.25, 0.3) is 5.92 Å². The molecule has 0 amide bonds. The van der Waals surface area contributed by atoms with E-state index >= 15 is 0 Å². The molecule has 2 N–H and O–H groups in total. The number of sulfonamides is 1. The lowest BCUT2D eigenvalue weighted by Crippen LogP contribution is -2.48. The lowest BCUT2D eigenvalue weighted by molar-refractivity contribution is 0.101. The molecule has 1 aromatic heterocycles. The van der Waals surface area contributed by atoms with Crippen molar-refractivity contribution in [3.8, 4) is 17.3 Å². The standard InChI is InChI=1S/C22H26F2N6O4S2/c1-27-19-11-15(3-5-18(19)30(36(27,33)34)14-17-12-22(17,23)24)21-16(13-25)4-6-20(26-21)28-7-9-29(10-8-28)35(2,31)32/h3-6,11,17,33-34H,7-10,12,14H2,1-2H3. The van der Waals surface area contributed by atoms with Crippen molar-refractivity contribution in [1.82, 2.24) is 9.29 Å². The molecule has 2 aromatic rings. The lowest BCUT2D eigenvalue weighted by Gasteiger charge is -2.42. The first-order chi connectivity index (χ1) is 16.8. The van der Waals surface area contributed by atoms with Gasteiger partial charge in [0, 0.05) is 57.7 Å². The van der Waals surface area contributed by atoms with Gasteiger partial charge >= 0.3 is 0 Å². The number of pyridine rings is 1. The molecule has 36 heavy (non-hydrogen) atoms. The molecule has 1 saturated heterocycles. The van der Waals surface area contributed by atoms with Gasteiger partial charge < -0.3 is 4.90 Å². The van der Waals surface area contributed by atoms with Gasteiger partial charge in [0.2, 0.25) is 10.0 Å². The molecule has 2 fully saturated rings. The highest BCUT2D eigenvalue weighted by molar-refractivity contribution is 8.26. The molecule has 3 aliphatic rings. The summed E-state index contributed by atoms with van der Waals surface area (Å²) in [5.74, 6) is -3.14. The Hall–Kier alpha value is -2.70. The van der Waals surface area contributed by atoms with Gasteiger partial charge in [-0.05, 0) is 35.2 Å². The number of hydrogen-bond donors (Lipinski definition) is 2. The van der Waals surface area contributed by atoms with Gasteiger partial charge in [0.05, 0.1) is 28.9 Å². The van der Waals surface area contributed by atoms with Crippen LogP contribution in [0.15, 0.2) is 30.3 Å². The van der Waals surface area contributed by atoms with E-state index in [4.69, 9.17) is 4.98 Å². The summed E-state index contributed by atoms with van der Waals surface area (Å²) in [6.45, 7) is 1.36. The minimum absolute atomic E-state index is 0.178. The predicted molar refractivity (Wildman–Crippen MR) is 135 cm³/mol. The number of hydrogen-bond acceptors (Lipinski definition) is 9. The van der Waals surface area contributed by atoms with Gasteiger partial charge in [-0.15, -0.1) is 0 Å². The van der Waals surface area contributed by atoms with Crippen LogP contribution in [-0.4, -0.2) is 78.8 Å². The van der Waals surface area contributed by atoms with E-state index < -0.39 is 32.8 Å². The van der Waals surface area contributed by atoms with Crippen molar-refractivity contribution in [2.24, 2.45) is 5.92 Å². The molecule has 0 spiro atoms. The molecule has 0 radical (unpaired) electrons. The van der Waals surface area contributed by atoms with Crippen LogP contribution in [0.25, 0.3) is 11.3 Å². The second-order valence-electron chi connectivity index (χ2n) is 9.24. The van der Waals surface area contributed by atoms with Crippen LogP contribution in [0.4, 0.5) is 26.0 Å². The van der Waals surface area contributed by atoms with Crippen LogP contribution in [0.2, 0.25) is 0 Å². The highest BCUT2D eigenvalue weighted by Gasteiger charge is 2.59. The second kappa shape index (κ2) is 8.42. The molecule has 14 heteroatoms. The summed E-state index contributed by atoms with van der Waals surface area (Å²) in [6, 6.07) is 10.5. The van der Waals surface area contributed by atoms with Crippen LogP contribution in [0.1, 0.15) is 12.0 Å². The van der Waals surface area contributed by atoms with Crippen molar-refractivity contribution in [3.63, 3.8) is 0 Å². The third-order valence-corrected chi connectivity index (χ3v) is 10.1. The fourth-order valence-corrected chi connectivity index (χ4v) is 6.93. The first-order valence-corrected chi connectivity index (χ1v) is 14.6. The number of benzene rings is 1. The van der Waals surface area contributed by atoms with E-state index in [1.807, 2.05) is 4.90 Å². The number of anilines is 3. The monoisotopic (exact) mass is 540 g/mol. The molecule has 5 rings (SSSR count). The average molecular weight is 541 g/mol. The van der Waals surface area contributed by atoms with E-state index in [0.717, 1.165) is 0 Å². The molecule has 1 aliphatic carbocycles. The molecule has 1 atom stereocenters. The van der Waals surface area contributed by atoms with Crippen LogP contribution in [-0.2, 0) is 10.0 Å². The Labute approximate surface area is 210 Å². The highest BCUT2D eigenvalue weighted by Crippen LogP contribution is 2.63. The normalized spacial score (nSPS) is 23.8. The molecular formula is C22H26F2N6O4S2. The molecule has 1 unspecified atom stereocenters. The van der Waals surface area contributed by atoms with Gasteiger partial charge in [-0.3, -0.25) is 17.7 Å². The smallest absolute Gasteiger partial charge is 0.253 e. The average Bonchev–Trinajstić information content (AvgIpc) is 3.40. The number of nitriles is 1. The Kier molecular flexibility index (Phi) is 5.84. The number of aromatic nitrogens is 1. The van der Waals surface area contributed by atoms with E-state index in [1.54, 1.807) is 30.3 Å². The van der Waals surface area contributed by atoms with Crippen LogP contribution >= 0.6 is 11.0 Å². The Balaban J connectivity index is 1.45. The third-order valence-electron chi connectivity index (χ3n) is 6.89. The number of halogens is 2. The SMILES string of the molecule is CN1c2cc(-c3nc(N4CCN(S(C)(=O)=O)CC4)ccc3C#N)ccc2N(CC2CC2(F)F)S1(O)O. The predicted octanol–water partition coefficient (Wildman–Crippen LogP) is 3.19. The molecular weight excluding hydrogens is 514 g/mol. The summed E-state index contributed by atoms with van der Waals surface area (Å²) >= 11 is 0. The Bertz CT molecular complexity index is 1360. The van der Waals surface area contributed by atoms with Crippen molar-refractivity contribution < 1.29 is 26.3 Å². The highest BCUT2D eigenvalue weighted by atomic mass is 32.3. The fraction of sp³-hybridized carbons (Fsp3) is 0.455. The molecule has 0 bridgehead atoms. The quantitative estimate of drug-likeness (QED) is 0.588. The first-order valence-electron chi connectivity index (χ1n) is 11.3. The van der Waals surface area contributed by atoms with Crippen LogP contribution in [0.3, 0.4) is 0 Å². The molecule has 194 valence electrons. The number of nitrogens with zero attached hydrogens (tertiary/aromatic N) is 6. The topological polar surface area (TPSA) is 124 Å². The van der Waals surface area contributed by atoms with E-state index in [9.17, 15) is 31.6 Å². The second-order valence-corrected chi connectivity index (χ2v) is 13.2. The minimum Gasteiger partial charge on any atom is -0.354 e. The van der Waals surface area contributed by atoms with Gasteiger partial charge in [0.15, 0.2) is 0 Å². The maximum atomic E-state index is 13.5. The first kappa shape index (κ1) is 25.0. The van der Waals surface area contributed by atoms with E-state index in [1.165, 1.54) is 26.2 Å². The van der Waals surface area contributed by atoms with Gasteiger partial charge in [0.1, 0.15) is 11.9 Å². The van der Waals surface area contributed by atoms with Crippen molar-refractivity contribution in [1.29, 1.82) is 5.26 Å². The Morgan fingerprint density at radius 1 is 1.17 bits per heavy atom. The summed E-state index contributed by atoms with van der Waals surface area (Å²) in [7, 11) is -5.29. The summed E-state index contributed by atoms with van der Waals surface area (Å²) in [5, 5.41) is 9.69. The Morgan fingerprint density at radius 2 is 1.83 bits per heavy atom. The van der Waals surface area contributed by atoms with E-state index in [2.05, 4.69) is 6.07 Å². The number of fused-ring (bicyclic) bond motifs is 1. The van der Waals surface area contributed by atoms with Crippen LogP contribution < -0.4 is 13.5 Å². The van der Waals surface area contributed by atoms with E-state index in [0.29, 0.717) is 60.2 Å². The fourth-order valence-electron chi connectivity index (χ4n) is 4.60. The lowest BCUT2D eigenvalue weighted by atomic mass is 10.0. The molecule has 3 heterocycles. The largest absolute Gasteiger partial charge is 0.354 e. The van der Waals surface area contributed by atoms with Gasteiger partial charge in [-0.1, -0.05) is 6.07 Å². The maximum absolute atomic E-state index is 13.5. The Morgan fingerprint density at radius 3 is 2.42 bits per heavy atom. The summed E-state index contributed by atoms with van der Waals surface area (Å²) in [6.07, 6.45) is 0.898. The molecule has 1 saturated carbocycles. The molecule has 1 aromatic carbocycles. The van der Waals surface area contributed by atoms with Crippen LogP contribution in [0.5, 0.6) is 0 Å². The summed E-state index contributed by atoms with van der Waals surface area (Å²) in [4.78, 5) is 6.64. The van der Waals surface area contributed by atoms with Gasteiger partial charge in [-0.25, -0.2) is 22.2 Å².